The number of benzene rings is 2. The van der Waals surface area contributed by atoms with Crippen LogP contribution in [0.2, 0.25) is 0 Å². The first-order valence-corrected chi connectivity index (χ1v) is 13.1. The summed E-state index contributed by atoms with van der Waals surface area (Å²) in [4.78, 5) is 13.3. The van der Waals surface area contributed by atoms with Gasteiger partial charge in [0.05, 0.1) is 23.5 Å². The fourth-order valence-electron chi connectivity index (χ4n) is 4.48. The van der Waals surface area contributed by atoms with Gasteiger partial charge in [-0.15, -0.1) is 0 Å². The molecule has 2 aromatic rings. The van der Waals surface area contributed by atoms with E-state index in [0.29, 0.717) is 31.7 Å². The first-order valence-electron chi connectivity index (χ1n) is 11.7. The molecule has 1 aliphatic heterocycles. The number of aryl methyl sites for hydroxylation is 4. The lowest BCUT2D eigenvalue weighted by Gasteiger charge is -2.32. The Balaban J connectivity index is 1.72. The first-order chi connectivity index (χ1) is 15.5. The lowest BCUT2D eigenvalue weighted by atomic mass is 9.95. The van der Waals surface area contributed by atoms with E-state index in [2.05, 4.69) is 38.2 Å². The van der Waals surface area contributed by atoms with Gasteiger partial charge in [-0.25, -0.2) is 8.42 Å². The SMILES string of the molecule is CCOc1ccc(S(=O)(=O)N2CCC[C@@H](C(=O)N[C@H](C)c3cc(C)c(C)cc3C)C2)cc1C. The molecule has 7 heteroatoms. The van der Waals surface area contributed by atoms with Gasteiger partial charge in [-0.1, -0.05) is 12.1 Å². The number of sulfonamides is 1. The summed E-state index contributed by atoms with van der Waals surface area (Å²) in [6, 6.07) is 9.06. The van der Waals surface area contributed by atoms with Crippen molar-refractivity contribution in [2.45, 2.75) is 65.3 Å². The van der Waals surface area contributed by atoms with Crippen molar-refractivity contribution in [3.63, 3.8) is 0 Å². The number of carbonyl (C=O) groups is 1. The standard InChI is InChI=1S/C26H36N2O4S/c1-7-32-25-11-10-23(14-20(25)5)33(30,31)28-12-8-9-22(16-28)26(29)27-21(6)24-15-18(3)17(2)13-19(24)4/h10-11,13-15,21-22H,7-9,12,16H2,1-6H3,(H,27,29)/t21-,22-/m1/s1. The first kappa shape index (κ1) is 25.2. The Morgan fingerprint density at radius 3 is 2.45 bits per heavy atom. The monoisotopic (exact) mass is 472 g/mol. The second-order valence-electron chi connectivity index (χ2n) is 9.09. The van der Waals surface area contributed by atoms with Crippen LogP contribution in [-0.2, 0) is 14.8 Å². The lowest BCUT2D eigenvalue weighted by molar-refractivity contribution is -0.126. The van der Waals surface area contributed by atoms with Crippen LogP contribution < -0.4 is 10.1 Å². The maximum atomic E-state index is 13.3. The fraction of sp³-hybridized carbons (Fsp3) is 0.500. The van der Waals surface area contributed by atoms with Gasteiger partial charge in [0.25, 0.3) is 0 Å². The molecule has 1 aliphatic rings. The van der Waals surface area contributed by atoms with E-state index in [0.717, 1.165) is 16.7 Å². The molecule has 2 atom stereocenters. The predicted molar refractivity (Wildman–Crippen MR) is 131 cm³/mol. The average molecular weight is 473 g/mol. The van der Waals surface area contributed by atoms with Gasteiger partial charge in [0.15, 0.2) is 0 Å². The van der Waals surface area contributed by atoms with Crippen molar-refractivity contribution < 1.29 is 17.9 Å². The molecule has 3 rings (SSSR count). The van der Waals surface area contributed by atoms with Crippen LogP contribution in [-0.4, -0.2) is 38.3 Å². The van der Waals surface area contributed by atoms with E-state index in [9.17, 15) is 13.2 Å². The molecule has 1 fully saturated rings. The normalized spacial score (nSPS) is 18.1. The summed E-state index contributed by atoms with van der Waals surface area (Å²) in [5.41, 5.74) is 5.44. The molecule has 0 saturated carbocycles. The summed E-state index contributed by atoms with van der Waals surface area (Å²) >= 11 is 0. The Morgan fingerprint density at radius 2 is 1.79 bits per heavy atom. The molecule has 1 saturated heterocycles. The highest BCUT2D eigenvalue weighted by atomic mass is 32.2. The summed E-state index contributed by atoms with van der Waals surface area (Å²) in [7, 11) is -3.68. The summed E-state index contributed by atoms with van der Waals surface area (Å²) in [5, 5.41) is 3.12. The van der Waals surface area contributed by atoms with Crippen LogP contribution in [0.4, 0.5) is 0 Å². The van der Waals surface area contributed by atoms with Crippen LogP contribution >= 0.6 is 0 Å². The van der Waals surface area contributed by atoms with Gasteiger partial charge >= 0.3 is 0 Å². The molecule has 2 aromatic carbocycles. The maximum absolute atomic E-state index is 13.3. The van der Waals surface area contributed by atoms with Crippen molar-refractivity contribution in [2.24, 2.45) is 5.92 Å². The summed E-state index contributed by atoms with van der Waals surface area (Å²) < 4.78 is 33.6. The fourth-order valence-corrected chi connectivity index (χ4v) is 6.09. The zero-order chi connectivity index (χ0) is 24.3. The number of nitrogens with zero attached hydrogens (tertiary/aromatic N) is 1. The highest BCUT2D eigenvalue weighted by molar-refractivity contribution is 7.89. The van der Waals surface area contributed by atoms with Crippen molar-refractivity contribution in [2.75, 3.05) is 19.7 Å². The molecule has 6 nitrogen and oxygen atoms in total. The minimum atomic E-state index is -3.68. The van der Waals surface area contributed by atoms with Gasteiger partial charge in [0.2, 0.25) is 15.9 Å². The molecule has 0 aromatic heterocycles. The second kappa shape index (κ2) is 10.3. The van der Waals surface area contributed by atoms with Crippen molar-refractivity contribution in [3.8, 4) is 5.75 Å². The lowest BCUT2D eigenvalue weighted by Crippen LogP contribution is -2.45. The van der Waals surface area contributed by atoms with E-state index < -0.39 is 10.0 Å². The molecule has 0 spiro atoms. The molecule has 180 valence electrons. The summed E-state index contributed by atoms with van der Waals surface area (Å²) in [6.07, 6.45) is 1.34. The average Bonchev–Trinajstić information content (AvgIpc) is 2.77. The number of carbonyl (C=O) groups excluding carboxylic acids is 1. The second-order valence-corrected chi connectivity index (χ2v) is 11.0. The van der Waals surface area contributed by atoms with Crippen LogP contribution in [0, 0.1) is 33.6 Å². The predicted octanol–water partition coefficient (Wildman–Crippen LogP) is 4.60. The Labute approximate surface area is 198 Å². The number of amides is 1. The van der Waals surface area contributed by atoms with Crippen molar-refractivity contribution >= 4 is 15.9 Å². The van der Waals surface area contributed by atoms with Gasteiger partial charge < -0.3 is 10.1 Å². The Kier molecular flexibility index (Phi) is 7.85. The van der Waals surface area contributed by atoms with Crippen molar-refractivity contribution in [1.82, 2.24) is 9.62 Å². The van der Waals surface area contributed by atoms with Crippen LogP contribution in [0.15, 0.2) is 35.2 Å². The number of rotatable bonds is 7. The molecule has 0 aliphatic carbocycles. The highest BCUT2D eigenvalue weighted by Crippen LogP contribution is 2.28. The number of ether oxygens (including phenoxy) is 1. The molecule has 0 bridgehead atoms. The Hall–Kier alpha value is -2.38. The van der Waals surface area contributed by atoms with E-state index in [-0.39, 0.29) is 29.3 Å². The summed E-state index contributed by atoms with van der Waals surface area (Å²) in [5.74, 6) is 0.220. The third-order valence-corrected chi connectivity index (χ3v) is 8.41. The Bertz CT molecular complexity index is 1130. The number of hydrogen-bond donors (Lipinski definition) is 1. The van der Waals surface area contributed by atoms with Crippen LogP contribution in [0.1, 0.15) is 60.5 Å². The van der Waals surface area contributed by atoms with E-state index in [1.165, 1.54) is 15.4 Å². The van der Waals surface area contributed by atoms with Gasteiger partial charge in [0.1, 0.15) is 5.75 Å². The van der Waals surface area contributed by atoms with E-state index >= 15 is 0 Å². The minimum absolute atomic E-state index is 0.0945. The number of piperidine rings is 1. The van der Waals surface area contributed by atoms with E-state index in [4.69, 9.17) is 4.74 Å². The largest absolute Gasteiger partial charge is 0.494 e. The number of nitrogens with one attached hydrogen (secondary N) is 1. The van der Waals surface area contributed by atoms with E-state index in [1.807, 2.05) is 20.8 Å². The zero-order valence-corrected chi connectivity index (χ0v) is 21.4. The molecule has 33 heavy (non-hydrogen) atoms. The van der Waals surface area contributed by atoms with Gasteiger partial charge in [-0.2, -0.15) is 4.31 Å². The minimum Gasteiger partial charge on any atom is -0.494 e. The topological polar surface area (TPSA) is 75.7 Å². The van der Waals surface area contributed by atoms with Crippen LogP contribution in [0.3, 0.4) is 0 Å². The maximum Gasteiger partial charge on any atom is 0.243 e. The van der Waals surface area contributed by atoms with Gasteiger partial charge in [-0.05, 0) is 100 Å². The Morgan fingerprint density at radius 1 is 1.09 bits per heavy atom. The quantitative estimate of drug-likeness (QED) is 0.639. The van der Waals surface area contributed by atoms with Crippen molar-refractivity contribution in [1.29, 1.82) is 0 Å². The summed E-state index contributed by atoms with van der Waals surface area (Å²) in [6.45, 7) is 13.1. The molecule has 1 N–H and O–H groups in total. The smallest absolute Gasteiger partial charge is 0.243 e. The third-order valence-electron chi connectivity index (χ3n) is 6.55. The van der Waals surface area contributed by atoms with Gasteiger partial charge in [-0.3, -0.25) is 4.79 Å². The molecule has 1 amide bonds. The van der Waals surface area contributed by atoms with E-state index in [1.54, 1.807) is 18.2 Å². The molecular weight excluding hydrogens is 436 g/mol. The molecule has 0 unspecified atom stereocenters. The molecule has 1 heterocycles. The highest BCUT2D eigenvalue weighted by Gasteiger charge is 2.34. The molecular formula is C26H36N2O4S. The van der Waals surface area contributed by atoms with Crippen LogP contribution in [0.5, 0.6) is 5.75 Å². The zero-order valence-electron chi connectivity index (χ0n) is 20.6. The molecule has 0 radical (unpaired) electrons. The number of hydrogen-bond acceptors (Lipinski definition) is 4. The van der Waals surface area contributed by atoms with Gasteiger partial charge in [0, 0.05) is 13.1 Å². The van der Waals surface area contributed by atoms with Crippen LogP contribution in [0.25, 0.3) is 0 Å². The third kappa shape index (κ3) is 5.58. The van der Waals surface area contributed by atoms with Crippen molar-refractivity contribution in [3.05, 3.63) is 58.1 Å².